The molecule has 0 aromatic heterocycles. The third-order valence-electron chi connectivity index (χ3n) is 3.61. The van der Waals surface area contributed by atoms with E-state index in [9.17, 15) is 14.5 Å². The number of Topliss-reactive ketones (excluding diaryl/α,β-unsaturated/α-hetero) is 1. The number of rotatable bonds is 3. The Labute approximate surface area is 110 Å². The quantitative estimate of drug-likeness (QED) is 0.618. The molecule has 0 amide bonds. The Morgan fingerprint density at radius 1 is 1.47 bits per heavy atom. The van der Waals surface area contributed by atoms with Crippen molar-refractivity contribution >= 4 is 11.8 Å². The van der Waals surface area contributed by atoms with Crippen LogP contribution in [0.4, 0.5) is 0 Å². The number of hydrogen-bond acceptors (Lipinski definition) is 5. The number of aryl methyl sites for hydroxylation is 1. The van der Waals surface area contributed by atoms with Gasteiger partial charge in [-0.2, -0.15) is 4.91 Å². The van der Waals surface area contributed by atoms with E-state index in [4.69, 9.17) is 0 Å². The van der Waals surface area contributed by atoms with Gasteiger partial charge in [-0.3, -0.25) is 4.79 Å². The van der Waals surface area contributed by atoms with Gasteiger partial charge in [0.05, 0.1) is 18.7 Å². The molecule has 0 bridgehead atoms. The fraction of sp³-hybridized carbons (Fsp3) is 0.429. The van der Waals surface area contributed by atoms with Crippen molar-refractivity contribution < 1.29 is 14.3 Å². The Kier molecular flexibility index (Phi) is 3.74. The zero-order chi connectivity index (χ0) is 14.0. The summed E-state index contributed by atoms with van der Waals surface area (Å²) in [5, 5.41) is 2.95. The highest BCUT2D eigenvalue weighted by molar-refractivity contribution is 6.02. The standard InChI is InChI=1S/C14H15NO4/c1-8(15-18)11-6-5-9-3-4-10(14(17)19-2)7-12(9)13(11)16/h3-4,7-8,11H,5-6H2,1-2H3. The summed E-state index contributed by atoms with van der Waals surface area (Å²) < 4.78 is 4.64. The van der Waals surface area contributed by atoms with Gasteiger partial charge in [-0.25, -0.2) is 4.79 Å². The molecule has 0 N–H and O–H groups in total. The summed E-state index contributed by atoms with van der Waals surface area (Å²) in [5.41, 5.74) is 1.77. The smallest absolute Gasteiger partial charge is 0.337 e. The summed E-state index contributed by atoms with van der Waals surface area (Å²) in [5.74, 6) is -0.976. The van der Waals surface area contributed by atoms with Crippen molar-refractivity contribution in [3.63, 3.8) is 0 Å². The Hall–Kier alpha value is -2.04. The molecule has 2 unspecified atom stereocenters. The minimum atomic E-state index is -0.539. The number of carbonyl (C=O) groups excluding carboxylic acids is 2. The van der Waals surface area contributed by atoms with Gasteiger partial charge in [-0.05, 0) is 37.5 Å². The molecule has 100 valence electrons. The number of methoxy groups -OCH3 is 1. The van der Waals surface area contributed by atoms with E-state index in [1.165, 1.54) is 7.11 Å². The molecule has 0 fully saturated rings. The van der Waals surface area contributed by atoms with E-state index in [1.54, 1.807) is 25.1 Å². The third kappa shape index (κ3) is 2.41. The minimum Gasteiger partial charge on any atom is -0.465 e. The number of ether oxygens (including phenoxy) is 1. The van der Waals surface area contributed by atoms with Crippen LogP contribution in [0, 0.1) is 10.8 Å². The predicted molar refractivity (Wildman–Crippen MR) is 69.2 cm³/mol. The molecule has 2 rings (SSSR count). The molecule has 1 aliphatic rings. The lowest BCUT2D eigenvalue weighted by Crippen LogP contribution is -2.30. The van der Waals surface area contributed by atoms with Gasteiger partial charge in [0.15, 0.2) is 5.78 Å². The third-order valence-corrected chi connectivity index (χ3v) is 3.61. The number of ketones is 1. The fourth-order valence-electron chi connectivity index (χ4n) is 2.44. The highest BCUT2D eigenvalue weighted by Gasteiger charge is 2.32. The Balaban J connectivity index is 2.38. The number of nitrogens with zero attached hydrogens (tertiary/aromatic N) is 1. The maximum Gasteiger partial charge on any atom is 0.337 e. The minimum absolute atomic E-state index is 0.112. The van der Waals surface area contributed by atoms with Crippen molar-refractivity contribution in [2.75, 3.05) is 7.11 Å². The molecule has 0 saturated carbocycles. The number of esters is 1. The predicted octanol–water partition coefficient (Wildman–Crippen LogP) is 2.37. The molecule has 0 radical (unpaired) electrons. The van der Waals surface area contributed by atoms with Gasteiger partial charge in [-0.15, -0.1) is 0 Å². The first-order valence-corrected chi connectivity index (χ1v) is 6.16. The highest BCUT2D eigenvalue weighted by atomic mass is 16.5. The topological polar surface area (TPSA) is 72.8 Å². The van der Waals surface area contributed by atoms with Gasteiger partial charge in [0.25, 0.3) is 0 Å². The van der Waals surface area contributed by atoms with E-state index >= 15 is 0 Å². The molecule has 2 atom stereocenters. The molecule has 0 heterocycles. The summed E-state index contributed by atoms with van der Waals surface area (Å²) in [6.45, 7) is 1.64. The lowest BCUT2D eigenvalue weighted by molar-refractivity contribution is 0.0600. The summed E-state index contributed by atoms with van der Waals surface area (Å²) in [4.78, 5) is 34.4. The van der Waals surface area contributed by atoms with Crippen molar-refractivity contribution in [1.29, 1.82) is 0 Å². The fourth-order valence-corrected chi connectivity index (χ4v) is 2.44. The van der Waals surface area contributed by atoms with Crippen LogP contribution in [-0.2, 0) is 11.2 Å². The van der Waals surface area contributed by atoms with Crippen molar-refractivity contribution in [3.05, 3.63) is 39.8 Å². The van der Waals surface area contributed by atoms with Crippen LogP contribution < -0.4 is 0 Å². The van der Waals surface area contributed by atoms with Crippen molar-refractivity contribution in [2.45, 2.75) is 25.8 Å². The average molecular weight is 261 g/mol. The van der Waals surface area contributed by atoms with Crippen LogP contribution in [0.3, 0.4) is 0 Å². The van der Waals surface area contributed by atoms with Gasteiger partial charge in [-0.1, -0.05) is 11.2 Å². The Bertz CT molecular complexity index is 538. The van der Waals surface area contributed by atoms with Gasteiger partial charge in [0.1, 0.15) is 0 Å². The average Bonchev–Trinajstić information content (AvgIpc) is 2.45. The van der Waals surface area contributed by atoms with Crippen molar-refractivity contribution in [3.8, 4) is 0 Å². The van der Waals surface area contributed by atoms with Crippen molar-refractivity contribution in [1.82, 2.24) is 0 Å². The maximum absolute atomic E-state index is 12.3. The van der Waals surface area contributed by atoms with Gasteiger partial charge >= 0.3 is 5.97 Å². The van der Waals surface area contributed by atoms with Crippen LogP contribution >= 0.6 is 0 Å². The van der Waals surface area contributed by atoms with E-state index < -0.39 is 17.9 Å². The summed E-state index contributed by atoms with van der Waals surface area (Å²) in [6.07, 6.45) is 1.34. The Morgan fingerprint density at radius 2 is 2.21 bits per heavy atom. The SMILES string of the molecule is COC(=O)c1ccc2c(c1)C(=O)C(C(C)N=O)CC2. The molecule has 1 aliphatic carbocycles. The maximum atomic E-state index is 12.3. The second kappa shape index (κ2) is 5.30. The van der Waals surface area contributed by atoms with Crippen LogP contribution in [0.15, 0.2) is 23.4 Å². The summed E-state index contributed by atoms with van der Waals surface area (Å²) >= 11 is 0. The van der Waals surface area contributed by atoms with E-state index in [0.717, 1.165) is 5.56 Å². The van der Waals surface area contributed by atoms with Gasteiger partial charge in [0.2, 0.25) is 0 Å². The van der Waals surface area contributed by atoms with E-state index in [0.29, 0.717) is 24.0 Å². The number of carbonyl (C=O) groups is 2. The highest BCUT2D eigenvalue weighted by Crippen LogP contribution is 2.29. The number of fused-ring (bicyclic) bond motifs is 1. The summed E-state index contributed by atoms with van der Waals surface area (Å²) in [7, 11) is 1.30. The largest absolute Gasteiger partial charge is 0.465 e. The first-order chi connectivity index (χ1) is 9.08. The number of hydrogen-bond donors (Lipinski definition) is 0. The first kappa shape index (κ1) is 13.4. The molecular formula is C14H15NO4. The lowest BCUT2D eigenvalue weighted by atomic mass is 9.79. The molecule has 19 heavy (non-hydrogen) atoms. The van der Waals surface area contributed by atoms with E-state index in [1.807, 2.05) is 0 Å². The van der Waals surface area contributed by atoms with Crippen LogP contribution in [0.1, 0.15) is 39.6 Å². The Morgan fingerprint density at radius 3 is 2.84 bits per heavy atom. The molecule has 1 aromatic carbocycles. The van der Waals surface area contributed by atoms with Gasteiger partial charge in [0, 0.05) is 11.5 Å². The van der Waals surface area contributed by atoms with E-state index in [-0.39, 0.29) is 5.78 Å². The second-order valence-corrected chi connectivity index (χ2v) is 4.72. The molecule has 0 spiro atoms. The monoisotopic (exact) mass is 261 g/mol. The van der Waals surface area contributed by atoms with E-state index in [2.05, 4.69) is 9.91 Å². The molecule has 0 saturated heterocycles. The van der Waals surface area contributed by atoms with Crippen molar-refractivity contribution in [2.24, 2.45) is 11.1 Å². The van der Waals surface area contributed by atoms with Crippen LogP contribution in [0.2, 0.25) is 0 Å². The van der Waals surface area contributed by atoms with Crippen LogP contribution in [-0.4, -0.2) is 24.9 Å². The normalized spacial score (nSPS) is 19.5. The first-order valence-electron chi connectivity index (χ1n) is 6.16. The second-order valence-electron chi connectivity index (χ2n) is 4.72. The lowest BCUT2D eigenvalue weighted by Gasteiger charge is -2.24. The summed E-state index contributed by atoms with van der Waals surface area (Å²) in [6, 6.07) is 4.43. The molecule has 5 nitrogen and oxygen atoms in total. The molecular weight excluding hydrogens is 246 g/mol. The van der Waals surface area contributed by atoms with Gasteiger partial charge < -0.3 is 4.74 Å². The zero-order valence-corrected chi connectivity index (χ0v) is 10.9. The molecule has 5 heteroatoms. The van der Waals surface area contributed by atoms with Crippen LogP contribution in [0.5, 0.6) is 0 Å². The molecule has 0 aliphatic heterocycles. The zero-order valence-electron chi connectivity index (χ0n) is 10.9. The van der Waals surface area contributed by atoms with Crippen LogP contribution in [0.25, 0.3) is 0 Å². The molecule has 1 aromatic rings. The number of nitroso groups, excluding NO2 is 1. The number of benzene rings is 1.